The summed E-state index contributed by atoms with van der Waals surface area (Å²) >= 11 is 1.58. The summed E-state index contributed by atoms with van der Waals surface area (Å²) in [7, 11) is 1.64. The number of thioether (sulfide) groups is 1. The average molecular weight is 414 g/mol. The number of rotatable bonds is 8. The fourth-order valence-electron chi connectivity index (χ4n) is 2.88. The molecule has 2 aromatic carbocycles. The highest BCUT2D eigenvalue weighted by Crippen LogP contribution is 2.24. The van der Waals surface area contributed by atoms with Crippen molar-refractivity contribution >= 4 is 28.7 Å². The van der Waals surface area contributed by atoms with E-state index < -0.39 is 0 Å². The van der Waals surface area contributed by atoms with E-state index in [1.807, 2.05) is 73.9 Å². The number of nitrogens with one attached hydrogen (secondary N) is 1. The first-order chi connectivity index (χ1) is 13.9. The standard InChI is InChI=1S/C22H27N3O3S/c1-22(2,3)24-20(26)15-25-19-8-6-5-7-18(19)23-21(25)29-14-13-28-17-11-9-16(27-4)10-12-17/h5-12H,13-15H2,1-4H3,(H,24,26). The third-order valence-corrected chi connectivity index (χ3v) is 5.02. The number of benzene rings is 2. The summed E-state index contributed by atoms with van der Waals surface area (Å²) in [6.45, 7) is 6.70. The summed E-state index contributed by atoms with van der Waals surface area (Å²) < 4.78 is 12.9. The summed E-state index contributed by atoms with van der Waals surface area (Å²) in [5.74, 6) is 2.28. The van der Waals surface area contributed by atoms with Crippen molar-refractivity contribution in [2.24, 2.45) is 0 Å². The van der Waals surface area contributed by atoms with Crippen LogP contribution in [0.2, 0.25) is 0 Å². The maximum absolute atomic E-state index is 12.5. The van der Waals surface area contributed by atoms with Crippen LogP contribution in [0.25, 0.3) is 11.0 Å². The van der Waals surface area contributed by atoms with Crippen molar-refractivity contribution in [2.45, 2.75) is 38.0 Å². The monoisotopic (exact) mass is 413 g/mol. The van der Waals surface area contributed by atoms with E-state index in [1.165, 1.54) is 0 Å². The number of carbonyl (C=O) groups excluding carboxylic acids is 1. The third-order valence-electron chi connectivity index (χ3n) is 4.08. The van der Waals surface area contributed by atoms with Gasteiger partial charge >= 0.3 is 0 Å². The van der Waals surface area contributed by atoms with Crippen molar-refractivity contribution in [1.29, 1.82) is 0 Å². The molecule has 0 aliphatic rings. The van der Waals surface area contributed by atoms with Crippen LogP contribution in [-0.4, -0.2) is 40.5 Å². The number of fused-ring (bicyclic) bond motifs is 1. The first kappa shape index (κ1) is 21.0. The predicted octanol–water partition coefficient (Wildman–Crippen LogP) is 4.13. The van der Waals surface area contributed by atoms with Crippen LogP contribution in [0, 0.1) is 0 Å². The molecule has 154 valence electrons. The van der Waals surface area contributed by atoms with Gasteiger partial charge in [-0.3, -0.25) is 4.79 Å². The van der Waals surface area contributed by atoms with Crippen LogP contribution in [0.3, 0.4) is 0 Å². The summed E-state index contributed by atoms with van der Waals surface area (Å²) in [6.07, 6.45) is 0. The molecule has 3 aromatic rings. The lowest BCUT2D eigenvalue weighted by Crippen LogP contribution is -2.42. The van der Waals surface area contributed by atoms with Crippen LogP contribution in [0.4, 0.5) is 0 Å². The van der Waals surface area contributed by atoms with E-state index in [-0.39, 0.29) is 18.0 Å². The van der Waals surface area contributed by atoms with Crippen molar-refractivity contribution in [3.8, 4) is 11.5 Å². The minimum Gasteiger partial charge on any atom is -0.497 e. The predicted molar refractivity (Wildman–Crippen MR) is 117 cm³/mol. The molecule has 3 rings (SSSR count). The van der Waals surface area contributed by atoms with Gasteiger partial charge in [0.2, 0.25) is 5.91 Å². The van der Waals surface area contributed by atoms with Gasteiger partial charge in [-0.2, -0.15) is 0 Å². The molecule has 6 nitrogen and oxygen atoms in total. The Hall–Kier alpha value is -2.67. The number of hydrogen-bond acceptors (Lipinski definition) is 5. The summed E-state index contributed by atoms with van der Waals surface area (Å²) in [4.78, 5) is 17.2. The molecule has 0 unspecified atom stereocenters. The molecule has 29 heavy (non-hydrogen) atoms. The molecule has 0 bridgehead atoms. The minimum atomic E-state index is -0.271. The third kappa shape index (κ3) is 5.90. The van der Waals surface area contributed by atoms with Crippen LogP contribution in [-0.2, 0) is 11.3 Å². The van der Waals surface area contributed by atoms with Crippen LogP contribution >= 0.6 is 11.8 Å². The van der Waals surface area contributed by atoms with Gasteiger partial charge in [0.15, 0.2) is 5.16 Å². The molecule has 0 radical (unpaired) electrons. The zero-order chi connectivity index (χ0) is 20.9. The highest BCUT2D eigenvalue weighted by atomic mass is 32.2. The van der Waals surface area contributed by atoms with Crippen molar-refractivity contribution in [1.82, 2.24) is 14.9 Å². The van der Waals surface area contributed by atoms with Crippen molar-refractivity contribution in [3.63, 3.8) is 0 Å². The van der Waals surface area contributed by atoms with Gasteiger partial charge in [-0.1, -0.05) is 23.9 Å². The van der Waals surface area contributed by atoms with Gasteiger partial charge in [-0.25, -0.2) is 4.98 Å². The number of methoxy groups -OCH3 is 1. The first-order valence-electron chi connectivity index (χ1n) is 9.52. The van der Waals surface area contributed by atoms with Crippen molar-refractivity contribution in [2.75, 3.05) is 19.5 Å². The molecule has 1 aromatic heterocycles. The van der Waals surface area contributed by atoms with E-state index in [0.29, 0.717) is 6.61 Å². The topological polar surface area (TPSA) is 65.4 Å². The lowest BCUT2D eigenvalue weighted by Gasteiger charge is -2.21. The molecule has 0 aliphatic carbocycles. The molecule has 0 spiro atoms. The zero-order valence-electron chi connectivity index (χ0n) is 17.3. The molecule has 1 N–H and O–H groups in total. The van der Waals surface area contributed by atoms with Gasteiger partial charge in [0.25, 0.3) is 0 Å². The number of carbonyl (C=O) groups is 1. The number of hydrogen-bond donors (Lipinski definition) is 1. The first-order valence-corrected chi connectivity index (χ1v) is 10.5. The van der Waals surface area contributed by atoms with Gasteiger partial charge in [-0.05, 0) is 57.2 Å². The average Bonchev–Trinajstić information content (AvgIpc) is 3.01. The lowest BCUT2D eigenvalue weighted by molar-refractivity contribution is -0.123. The number of amides is 1. The highest BCUT2D eigenvalue weighted by molar-refractivity contribution is 7.99. The van der Waals surface area contributed by atoms with E-state index >= 15 is 0 Å². The molecule has 0 saturated carbocycles. The van der Waals surface area contributed by atoms with Crippen molar-refractivity contribution in [3.05, 3.63) is 48.5 Å². The van der Waals surface area contributed by atoms with Crippen LogP contribution in [0.15, 0.2) is 53.7 Å². The molecule has 0 fully saturated rings. The quantitative estimate of drug-likeness (QED) is 0.444. The Labute approximate surface area is 175 Å². The Morgan fingerprint density at radius 1 is 1.10 bits per heavy atom. The number of ether oxygens (including phenoxy) is 2. The second-order valence-corrected chi connectivity index (χ2v) is 8.70. The fourth-order valence-corrected chi connectivity index (χ4v) is 3.71. The largest absolute Gasteiger partial charge is 0.497 e. The van der Waals surface area contributed by atoms with E-state index in [1.54, 1.807) is 18.9 Å². The molecule has 1 heterocycles. The molecular formula is C22H27N3O3S. The van der Waals surface area contributed by atoms with Gasteiger partial charge in [0.1, 0.15) is 18.0 Å². The smallest absolute Gasteiger partial charge is 0.240 e. The molecule has 7 heteroatoms. The molecule has 0 saturated heterocycles. The zero-order valence-corrected chi connectivity index (χ0v) is 18.1. The van der Waals surface area contributed by atoms with Crippen LogP contribution in [0.5, 0.6) is 11.5 Å². The summed E-state index contributed by atoms with van der Waals surface area (Å²) in [5.41, 5.74) is 1.57. The Bertz CT molecular complexity index is 962. The van der Waals surface area contributed by atoms with Gasteiger partial charge in [0, 0.05) is 11.3 Å². The second-order valence-electron chi connectivity index (χ2n) is 7.64. The molecular weight excluding hydrogens is 386 g/mol. The van der Waals surface area contributed by atoms with Crippen molar-refractivity contribution < 1.29 is 14.3 Å². The van der Waals surface area contributed by atoms with E-state index in [2.05, 4.69) is 5.32 Å². The molecule has 0 atom stereocenters. The van der Waals surface area contributed by atoms with E-state index in [0.717, 1.165) is 33.4 Å². The van der Waals surface area contributed by atoms with Gasteiger partial charge < -0.3 is 19.4 Å². The number of nitrogens with zero attached hydrogens (tertiary/aromatic N) is 2. The number of para-hydroxylation sites is 2. The van der Waals surface area contributed by atoms with Crippen LogP contribution < -0.4 is 14.8 Å². The molecule has 0 aliphatic heterocycles. The van der Waals surface area contributed by atoms with E-state index in [9.17, 15) is 4.79 Å². The van der Waals surface area contributed by atoms with Crippen LogP contribution in [0.1, 0.15) is 20.8 Å². The number of imidazole rings is 1. The Morgan fingerprint density at radius 2 is 1.79 bits per heavy atom. The van der Waals surface area contributed by atoms with Gasteiger partial charge in [0.05, 0.1) is 24.8 Å². The maximum Gasteiger partial charge on any atom is 0.240 e. The maximum atomic E-state index is 12.5. The normalized spacial score (nSPS) is 11.4. The lowest BCUT2D eigenvalue weighted by atomic mass is 10.1. The van der Waals surface area contributed by atoms with Gasteiger partial charge in [-0.15, -0.1) is 0 Å². The fraction of sp³-hybridized carbons (Fsp3) is 0.364. The second kappa shape index (κ2) is 9.22. The highest BCUT2D eigenvalue weighted by Gasteiger charge is 2.18. The number of aromatic nitrogens is 2. The Balaban J connectivity index is 1.65. The Kier molecular flexibility index (Phi) is 6.69. The SMILES string of the molecule is COc1ccc(OCCSc2nc3ccccc3n2CC(=O)NC(C)(C)C)cc1. The Morgan fingerprint density at radius 3 is 2.48 bits per heavy atom. The minimum absolute atomic E-state index is 0.0306. The molecule has 1 amide bonds. The summed E-state index contributed by atoms with van der Waals surface area (Å²) in [6, 6.07) is 15.4. The van der Waals surface area contributed by atoms with E-state index in [4.69, 9.17) is 14.5 Å². The summed E-state index contributed by atoms with van der Waals surface area (Å²) in [5, 5.41) is 3.83.